The smallest absolute Gasteiger partial charge is 0.335 e. The summed E-state index contributed by atoms with van der Waals surface area (Å²) >= 11 is 0. The zero-order valence-corrected chi connectivity index (χ0v) is 11.5. The third-order valence-electron chi connectivity index (χ3n) is 3.13. The molecular weight excluding hydrogens is 261 g/mol. The van der Waals surface area contributed by atoms with Crippen LogP contribution in [0.5, 0.6) is 0 Å². The fraction of sp³-hybridized carbons (Fsp3) is 0.267. The predicted octanol–water partition coefficient (Wildman–Crippen LogP) is 3.91. The third-order valence-corrected chi connectivity index (χ3v) is 3.13. The highest BCUT2D eigenvalue weighted by molar-refractivity contribution is 5.88. The molecule has 0 aliphatic carbocycles. The van der Waals surface area contributed by atoms with Crippen LogP contribution in [0.2, 0.25) is 0 Å². The number of hydrogen-bond acceptors (Lipinski definition) is 3. The van der Waals surface area contributed by atoms with E-state index >= 15 is 0 Å². The number of anilines is 1. The molecule has 106 valence electrons. The summed E-state index contributed by atoms with van der Waals surface area (Å²) in [5.41, 5.74) is 1.12. The molecule has 0 radical (unpaired) electrons. The molecule has 0 amide bonds. The lowest BCUT2D eigenvalue weighted by atomic mass is 10.1. The number of aryl methyl sites for hydroxylation is 2. The summed E-state index contributed by atoms with van der Waals surface area (Å²) in [7, 11) is 0. The van der Waals surface area contributed by atoms with Crippen LogP contribution >= 0.6 is 0 Å². The summed E-state index contributed by atoms with van der Waals surface area (Å²) in [6.07, 6.45) is 0. The van der Waals surface area contributed by atoms with Crippen molar-refractivity contribution in [1.82, 2.24) is 0 Å². The number of hydrogen-bond donors (Lipinski definition) is 2. The average molecular weight is 277 g/mol. The van der Waals surface area contributed by atoms with Crippen LogP contribution in [-0.4, -0.2) is 11.1 Å². The van der Waals surface area contributed by atoms with Crippen LogP contribution in [0.15, 0.2) is 28.7 Å². The van der Waals surface area contributed by atoms with Crippen molar-refractivity contribution in [2.45, 2.75) is 26.8 Å². The molecule has 1 atom stereocenters. The second-order valence-electron chi connectivity index (χ2n) is 4.73. The van der Waals surface area contributed by atoms with Gasteiger partial charge in [0.25, 0.3) is 0 Å². The van der Waals surface area contributed by atoms with Crippen molar-refractivity contribution in [3.63, 3.8) is 0 Å². The van der Waals surface area contributed by atoms with Gasteiger partial charge in [0.15, 0.2) is 0 Å². The van der Waals surface area contributed by atoms with Crippen molar-refractivity contribution in [3.05, 3.63) is 52.7 Å². The van der Waals surface area contributed by atoms with Gasteiger partial charge in [-0.1, -0.05) is 0 Å². The number of nitrogens with one attached hydrogen (secondary N) is 1. The van der Waals surface area contributed by atoms with E-state index in [-0.39, 0.29) is 17.3 Å². The molecule has 1 heterocycles. The monoisotopic (exact) mass is 277 g/mol. The lowest BCUT2D eigenvalue weighted by molar-refractivity contribution is 0.0697. The van der Waals surface area contributed by atoms with E-state index < -0.39 is 11.8 Å². The average Bonchev–Trinajstić information content (AvgIpc) is 2.71. The zero-order valence-electron chi connectivity index (χ0n) is 11.5. The molecule has 0 saturated carbocycles. The quantitative estimate of drug-likeness (QED) is 0.889. The maximum atomic E-state index is 13.7. The highest BCUT2D eigenvalue weighted by Crippen LogP contribution is 2.26. The fourth-order valence-electron chi connectivity index (χ4n) is 2.16. The Kier molecular flexibility index (Phi) is 3.79. The molecule has 1 aromatic carbocycles. The molecule has 20 heavy (non-hydrogen) atoms. The number of carboxylic acid groups (broad SMARTS) is 1. The number of rotatable bonds is 4. The van der Waals surface area contributed by atoms with E-state index in [2.05, 4.69) is 5.32 Å². The standard InChI is InChI=1S/C15H16FNO3/c1-8-6-12(10(3)20-8)9(2)17-14-7-11(15(18)19)4-5-13(14)16/h4-7,9,17H,1-3H3,(H,18,19). The first kappa shape index (κ1) is 14.1. The van der Waals surface area contributed by atoms with Crippen molar-refractivity contribution in [2.24, 2.45) is 0 Å². The van der Waals surface area contributed by atoms with Gasteiger partial charge >= 0.3 is 5.97 Å². The molecule has 4 nitrogen and oxygen atoms in total. The first-order chi connectivity index (χ1) is 9.38. The van der Waals surface area contributed by atoms with Crippen molar-refractivity contribution < 1.29 is 18.7 Å². The highest BCUT2D eigenvalue weighted by atomic mass is 19.1. The van der Waals surface area contributed by atoms with E-state index in [1.54, 1.807) is 0 Å². The SMILES string of the molecule is Cc1cc(C(C)Nc2cc(C(=O)O)ccc2F)c(C)o1. The fourth-order valence-corrected chi connectivity index (χ4v) is 2.16. The summed E-state index contributed by atoms with van der Waals surface area (Å²) in [6, 6.07) is 5.36. The second kappa shape index (κ2) is 5.36. The summed E-state index contributed by atoms with van der Waals surface area (Å²) in [5, 5.41) is 11.9. The minimum atomic E-state index is -1.09. The third kappa shape index (κ3) is 2.82. The molecule has 2 rings (SSSR count). The molecule has 0 fully saturated rings. The molecule has 1 unspecified atom stereocenters. The van der Waals surface area contributed by atoms with Crippen molar-refractivity contribution in [2.75, 3.05) is 5.32 Å². The van der Waals surface area contributed by atoms with E-state index in [1.807, 2.05) is 26.8 Å². The topological polar surface area (TPSA) is 62.5 Å². The number of benzene rings is 1. The summed E-state index contributed by atoms with van der Waals surface area (Å²) in [6.45, 7) is 5.55. The Morgan fingerprint density at radius 3 is 2.60 bits per heavy atom. The largest absolute Gasteiger partial charge is 0.478 e. The number of carbonyl (C=O) groups is 1. The Labute approximate surface area is 116 Å². The van der Waals surface area contributed by atoms with Crippen molar-refractivity contribution >= 4 is 11.7 Å². The molecule has 2 N–H and O–H groups in total. The van der Waals surface area contributed by atoms with Gasteiger partial charge in [0.1, 0.15) is 17.3 Å². The molecule has 0 bridgehead atoms. The molecule has 0 spiro atoms. The van der Waals surface area contributed by atoms with E-state index in [4.69, 9.17) is 9.52 Å². The molecule has 2 aromatic rings. The maximum Gasteiger partial charge on any atom is 0.335 e. The molecule has 1 aromatic heterocycles. The normalized spacial score (nSPS) is 12.2. The van der Waals surface area contributed by atoms with Gasteiger partial charge in [0, 0.05) is 5.56 Å². The number of halogens is 1. The molecular formula is C15H16FNO3. The Balaban J connectivity index is 2.27. The molecule has 0 saturated heterocycles. The number of carboxylic acids is 1. The molecule has 0 aliphatic heterocycles. The maximum absolute atomic E-state index is 13.7. The van der Waals surface area contributed by atoms with Gasteiger partial charge in [-0.15, -0.1) is 0 Å². The van der Waals surface area contributed by atoms with E-state index in [0.29, 0.717) is 0 Å². The van der Waals surface area contributed by atoms with Gasteiger partial charge in [-0.05, 0) is 45.0 Å². The minimum absolute atomic E-state index is 0.0428. The zero-order chi connectivity index (χ0) is 14.9. The van der Waals surface area contributed by atoms with Crippen LogP contribution in [0.1, 0.15) is 40.4 Å². The lowest BCUT2D eigenvalue weighted by Gasteiger charge is -2.15. The Bertz CT molecular complexity index is 649. The van der Waals surface area contributed by atoms with Crippen molar-refractivity contribution in [1.29, 1.82) is 0 Å². The van der Waals surface area contributed by atoms with Crippen LogP contribution in [0.3, 0.4) is 0 Å². The first-order valence-corrected chi connectivity index (χ1v) is 6.25. The number of aromatic carboxylic acids is 1. The van der Waals surface area contributed by atoms with E-state index in [9.17, 15) is 9.18 Å². The van der Waals surface area contributed by atoms with Gasteiger partial charge in [0.2, 0.25) is 0 Å². The van der Waals surface area contributed by atoms with Crippen LogP contribution in [-0.2, 0) is 0 Å². The Morgan fingerprint density at radius 2 is 2.05 bits per heavy atom. The number of furan rings is 1. The molecule has 0 aliphatic rings. The summed E-state index contributed by atoms with van der Waals surface area (Å²) < 4.78 is 19.2. The molecule has 5 heteroatoms. The lowest BCUT2D eigenvalue weighted by Crippen LogP contribution is -2.09. The van der Waals surface area contributed by atoms with Crippen LogP contribution < -0.4 is 5.32 Å². The van der Waals surface area contributed by atoms with E-state index in [0.717, 1.165) is 23.2 Å². The van der Waals surface area contributed by atoms with Gasteiger partial charge in [-0.3, -0.25) is 0 Å². The summed E-state index contributed by atoms with van der Waals surface area (Å²) in [5.74, 6) is -0.0287. The first-order valence-electron chi connectivity index (χ1n) is 6.25. The Morgan fingerprint density at radius 1 is 1.35 bits per heavy atom. The van der Waals surface area contributed by atoms with Crippen molar-refractivity contribution in [3.8, 4) is 0 Å². The highest BCUT2D eigenvalue weighted by Gasteiger charge is 2.15. The van der Waals surface area contributed by atoms with Gasteiger partial charge in [-0.2, -0.15) is 0 Å². The van der Waals surface area contributed by atoms with Crippen LogP contribution in [0, 0.1) is 19.7 Å². The van der Waals surface area contributed by atoms with E-state index in [1.165, 1.54) is 12.1 Å². The van der Waals surface area contributed by atoms with Crippen LogP contribution in [0.4, 0.5) is 10.1 Å². The Hall–Kier alpha value is -2.30. The van der Waals surface area contributed by atoms with Crippen LogP contribution in [0.25, 0.3) is 0 Å². The predicted molar refractivity (Wildman–Crippen MR) is 73.6 cm³/mol. The second-order valence-corrected chi connectivity index (χ2v) is 4.73. The van der Waals surface area contributed by atoms with Gasteiger partial charge in [-0.25, -0.2) is 9.18 Å². The van der Waals surface area contributed by atoms with Gasteiger partial charge < -0.3 is 14.8 Å². The van der Waals surface area contributed by atoms with Gasteiger partial charge in [0.05, 0.1) is 17.3 Å². The summed E-state index contributed by atoms with van der Waals surface area (Å²) in [4.78, 5) is 10.9. The minimum Gasteiger partial charge on any atom is -0.478 e.